The summed E-state index contributed by atoms with van der Waals surface area (Å²) in [6.45, 7) is 3.23. The fourth-order valence-electron chi connectivity index (χ4n) is 2.73. The van der Waals surface area contributed by atoms with Gasteiger partial charge in [-0.1, -0.05) is 31.4 Å². The molecule has 2 rings (SSSR count). The second-order valence-corrected chi connectivity index (χ2v) is 6.48. The van der Waals surface area contributed by atoms with Gasteiger partial charge < -0.3 is 15.0 Å². The number of nitrogens with zero attached hydrogens (tertiary/aromatic N) is 1. The first kappa shape index (κ1) is 16.9. The van der Waals surface area contributed by atoms with Crippen molar-refractivity contribution in [1.82, 2.24) is 10.2 Å². The van der Waals surface area contributed by atoms with Crippen molar-refractivity contribution in [1.29, 1.82) is 0 Å². The largest absolute Gasteiger partial charge is 0.492 e. The van der Waals surface area contributed by atoms with E-state index >= 15 is 0 Å². The molecule has 0 heterocycles. The fraction of sp³-hybridized carbons (Fsp3) is 0.588. The molecule has 0 spiro atoms. The molecule has 1 aromatic rings. The van der Waals surface area contributed by atoms with Crippen molar-refractivity contribution in [2.24, 2.45) is 5.92 Å². The minimum absolute atomic E-state index is 0.0153. The fourth-order valence-corrected chi connectivity index (χ4v) is 2.86. The zero-order chi connectivity index (χ0) is 15.9. The van der Waals surface area contributed by atoms with Gasteiger partial charge in [-0.3, -0.25) is 0 Å². The standard InChI is InChI=1S/C17H25ClN2O2/c1-13-5-3-4-6-16(13)19-17(21)20(2)11-12-22-15-9-7-14(18)8-10-15/h7-10,13,16H,3-6,11-12H2,1-2H3,(H,19,21)/t13-,16+/m0/s1. The minimum atomic E-state index is -0.0153. The molecule has 22 heavy (non-hydrogen) atoms. The van der Waals surface area contributed by atoms with Crippen LogP contribution >= 0.6 is 11.6 Å². The van der Waals surface area contributed by atoms with Crippen LogP contribution in [0.15, 0.2) is 24.3 Å². The molecule has 4 nitrogen and oxygen atoms in total. The van der Waals surface area contributed by atoms with E-state index in [4.69, 9.17) is 16.3 Å². The Kier molecular flexibility index (Phi) is 6.37. The maximum absolute atomic E-state index is 12.2. The predicted molar refractivity (Wildman–Crippen MR) is 89.5 cm³/mol. The van der Waals surface area contributed by atoms with Crippen LogP contribution in [-0.2, 0) is 0 Å². The van der Waals surface area contributed by atoms with Crippen LogP contribution in [0, 0.1) is 5.92 Å². The molecule has 0 bridgehead atoms. The van der Waals surface area contributed by atoms with Crippen molar-refractivity contribution in [2.45, 2.75) is 38.6 Å². The van der Waals surface area contributed by atoms with E-state index in [-0.39, 0.29) is 6.03 Å². The van der Waals surface area contributed by atoms with Crippen LogP contribution < -0.4 is 10.1 Å². The third kappa shape index (κ3) is 5.09. The number of benzene rings is 1. The number of hydrogen-bond donors (Lipinski definition) is 1. The van der Waals surface area contributed by atoms with Crippen LogP contribution in [0.1, 0.15) is 32.6 Å². The molecule has 5 heteroatoms. The Hall–Kier alpha value is -1.42. The Balaban J connectivity index is 1.70. The molecule has 1 fully saturated rings. The van der Waals surface area contributed by atoms with Gasteiger partial charge in [0.1, 0.15) is 12.4 Å². The monoisotopic (exact) mass is 324 g/mol. The van der Waals surface area contributed by atoms with E-state index in [1.165, 1.54) is 19.3 Å². The Morgan fingerprint density at radius 3 is 2.68 bits per heavy atom. The summed E-state index contributed by atoms with van der Waals surface area (Å²) in [5.41, 5.74) is 0. The van der Waals surface area contributed by atoms with Gasteiger partial charge in [0, 0.05) is 18.1 Å². The van der Waals surface area contributed by atoms with E-state index in [1.54, 1.807) is 24.1 Å². The highest BCUT2D eigenvalue weighted by Gasteiger charge is 2.23. The SMILES string of the molecule is C[C@H]1CCCC[C@H]1NC(=O)N(C)CCOc1ccc(Cl)cc1. The second kappa shape index (κ2) is 8.28. The van der Waals surface area contributed by atoms with Crippen LogP contribution in [0.5, 0.6) is 5.75 Å². The van der Waals surface area contributed by atoms with Gasteiger partial charge in [0.05, 0.1) is 6.54 Å². The molecule has 0 radical (unpaired) electrons. The highest BCUT2D eigenvalue weighted by Crippen LogP contribution is 2.23. The lowest BCUT2D eigenvalue weighted by molar-refractivity contribution is 0.181. The summed E-state index contributed by atoms with van der Waals surface area (Å²) in [5.74, 6) is 1.33. The lowest BCUT2D eigenvalue weighted by atomic mass is 9.86. The lowest BCUT2D eigenvalue weighted by Crippen LogP contribution is -2.47. The van der Waals surface area contributed by atoms with E-state index in [2.05, 4.69) is 12.2 Å². The number of carbonyl (C=O) groups is 1. The average molecular weight is 325 g/mol. The third-order valence-corrected chi connectivity index (χ3v) is 4.53. The van der Waals surface area contributed by atoms with Crippen LogP contribution in [0.2, 0.25) is 5.02 Å². The van der Waals surface area contributed by atoms with Crippen molar-refractivity contribution < 1.29 is 9.53 Å². The number of likely N-dealkylation sites (N-methyl/N-ethyl adjacent to an activating group) is 1. The van der Waals surface area contributed by atoms with E-state index in [1.807, 2.05) is 12.1 Å². The number of rotatable bonds is 5. The topological polar surface area (TPSA) is 41.6 Å². The zero-order valence-corrected chi connectivity index (χ0v) is 14.1. The van der Waals surface area contributed by atoms with E-state index in [0.717, 1.165) is 12.2 Å². The summed E-state index contributed by atoms with van der Waals surface area (Å²) in [4.78, 5) is 13.9. The second-order valence-electron chi connectivity index (χ2n) is 6.04. The van der Waals surface area contributed by atoms with E-state index in [9.17, 15) is 4.79 Å². The first-order valence-electron chi connectivity index (χ1n) is 7.96. The molecule has 0 saturated heterocycles. The highest BCUT2D eigenvalue weighted by molar-refractivity contribution is 6.30. The third-order valence-electron chi connectivity index (χ3n) is 4.28. The normalized spacial score (nSPS) is 21.2. The van der Waals surface area contributed by atoms with Gasteiger partial charge in [-0.05, 0) is 43.0 Å². The molecule has 0 unspecified atom stereocenters. The molecule has 2 amide bonds. The van der Waals surface area contributed by atoms with Crippen molar-refractivity contribution in [3.8, 4) is 5.75 Å². The maximum atomic E-state index is 12.2. The summed E-state index contributed by atoms with van der Waals surface area (Å²) in [7, 11) is 1.80. The van der Waals surface area contributed by atoms with Gasteiger partial charge >= 0.3 is 6.03 Å². The number of urea groups is 1. The molecule has 1 saturated carbocycles. The molecule has 0 aromatic heterocycles. The first-order chi connectivity index (χ1) is 10.6. The van der Waals surface area contributed by atoms with Gasteiger partial charge in [-0.15, -0.1) is 0 Å². The van der Waals surface area contributed by atoms with Crippen molar-refractivity contribution in [3.63, 3.8) is 0 Å². The number of halogens is 1. The maximum Gasteiger partial charge on any atom is 0.317 e. The minimum Gasteiger partial charge on any atom is -0.492 e. The Bertz CT molecular complexity index is 478. The number of nitrogens with one attached hydrogen (secondary N) is 1. The summed E-state index contributed by atoms with van der Waals surface area (Å²) >= 11 is 5.83. The van der Waals surface area contributed by atoms with Crippen LogP contribution in [-0.4, -0.2) is 37.2 Å². The molecule has 1 aliphatic rings. The number of amides is 2. The van der Waals surface area contributed by atoms with Crippen molar-refractivity contribution in [3.05, 3.63) is 29.3 Å². The summed E-state index contributed by atoms with van der Waals surface area (Å²) < 4.78 is 5.61. The van der Waals surface area contributed by atoms with E-state index in [0.29, 0.717) is 30.1 Å². The molecule has 1 aromatic carbocycles. The molecule has 2 atom stereocenters. The number of hydrogen-bond acceptors (Lipinski definition) is 2. The number of ether oxygens (including phenoxy) is 1. The van der Waals surface area contributed by atoms with Crippen LogP contribution in [0.25, 0.3) is 0 Å². The quantitative estimate of drug-likeness (QED) is 0.891. The van der Waals surface area contributed by atoms with Crippen LogP contribution in [0.3, 0.4) is 0 Å². The first-order valence-corrected chi connectivity index (χ1v) is 8.34. The van der Waals surface area contributed by atoms with Crippen molar-refractivity contribution in [2.75, 3.05) is 20.2 Å². The van der Waals surface area contributed by atoms with E-state index < -0.39 is 0 Å². The predicted octanol–water partition coefficient (Wildman–Crippen LogP) is 3.94. The average Bonchev–Trinajstić information content (AvgIpc) is 2.51. The molecule has 1 N–H and O–H groups in total. The molecule has 0 aliphatic heterocycles. The summed E-state index contributed by atoms with van der Waals surface area (Å²) in [6.07, 6.45) is 4.77. The van der Waals surface area contributed by atoms with Gasteiger partial charge in [-0.2, -0.15) is 0 Å². The summed E-state index contributed by atoms with van der Waals surface area (Å²) in [5, 5.41) is 3.82. The smallest absolute Gasteiger partial charge is 0.317 e. The summed E-state index contributed by atoms with van der Waals surface area (Å²) in [6, 6.07) is 7.52. The lowest BCUT2D eigenvalue weighted by Gasteiger charge is -2.31. The molecule has 122 valence electrons. The van der Waals surface area contributed by atoms with Gasteiger partial charge in [-0.25, -0.2) is 4.79 Å². The highest BCUT2D eigenvalue weighted by atomic mass is 35.5. The van der Waals surface area contributed by atoms with Crippen molar-refractivity contribution >= 4 is 17.6 Å². The van der Waals surface area contributed by atoms with Gasteiger partial charge in [0.25, 0.3) is 0 Å². The van der Waals surface area contributed by atoms with Gasteiger partial charge in [0.2, 0.25) is 0 Å². The zero-order valence-electron chi connectivity index (χ0n) is 13.3. The Labute approximate surface area is 137 Å². The van der Waals surface area contributed by atoms with Gasteiger partial charge in [0.15, 0.2) is 0 Å². The molecular formula is C17H25ClN2O2. The molecular weight excluding hydrogens is 300 g/mol. The Morgan fingerprint density at radius 1 is 1.32 bits per heavy atom. The molecule has 1 aliphatic carbocycles. The Morgan fingerprint density at radius 2 is 2.00 bits per heavy atom. The number of carbonyl (C=O) groups excluding carboxylic acids is 1. The van der Waals surface area contributed by atoms with Crippen LogP contribution in [0.4, 0.5) is 4.79 Å².